The zero-order valence-corrected chi connectivity index (χ0v) is 13.6. The summed E-state index contributed by atoms with van der Waals surface area (Å²) in [5, 5.41) is 0.798. The largest absolute Gasteiger partial charge is 0.462 e. The lowest BCUT2D eigenvalue weighted by Crippen LogP contribution is -2.25. The van der Waals surface area contributed by atoms with Gasteiger partial charge in [-0.1, -0.05) is 18.2 Å². The van der Waals surface area contributed by atoms with Gasteiger partial charge in [0, 0.05) is 29.7 Å². The molecule has 0 saturated heterocycles. The van der Waals surface area contributed by atoms with Gasteiger partial charge in [-0.2, -0.15) is 0 Å². The Labute approximate surface area is 139 Å². The number of amides is 1. The first-order chi connectivity index (χ1) is 11.6. The number of carbonyl (C=O) groups is 2. The van der Waals surface area contributed by atoms with E-state index in [1.807, 2.05) is 24.3 Å². The number of hydrogen-bond acceptors (Lipinski definition) is 3. The first-order valence-electron chi connectivity index (χ1n) is 7.73. The Balaban J connectivity index is 1.98. The number of nitrogens with zero attached hydrogens (tertiary/aromatic N) is 1. The van der Waals surface area contributed by atoms with E-state index in [0.29, 0.717) is 23.4 Å². The van der Waals surface area contributed by atoms with Gasteiger partial charge < -0.3 is 14.6 Å². The summed E-state index contributed by atoms with van der Waals surface area (Å²) in [7, 11) is 1.72. The van der Waals surface area contributed by atoms with Gasteiger partial charge in [-0.05, 0) is 37.3 Å². The maximum atomic E-state index is 12.6. The SMILES string of the molecule is CCOC(=O)c1ccc2[nH]cc(N(C)C(=O)c3ccccc3)c2c1. The van der Waals surface area contributed by atoms with Crippen LogP contribution in [0.25, 0.3) is 10.9 Å². The van der Waals surface area contributed by atoms with E-state index in [4.69, 9.17) is 4.74 Å². The van der Waals surface area contributed by atoms with Crippen LogP contribution in [0, 0.1) is 0 Å². The summed E-state index contributed by atoms with van der Waals surface area (Å²) in [6, 6.07) is 14.3. The van der Waals surface area contributed by atoms with Crippen molar-refractivity contribution in [3.8, 4) is 0 Å². The van der Waals surface area contributed by atoms with E-state index >= 15 is 0 Å². The third kappa shape index (κ3) is 2.88. The maximum absolute atomic E-state index is 12.6. The second-order valence-electron chi connectivity index (χ2n) is 5.38. The fourth-order valence-corrected chi connectivity index (χ4v) is 2.61. The summed E-state index contributed by atoms with van der Waals surface area (Å²) in [5.41, 5.74) is 2.64. The monoisotopic (exact) mass is 322 g/mol. The van der Waals surface area contributed by atoms with Crippen molar-refractivity contribution in [3.05, 3.63) is 65.9 Å². The van der Waals surface area contributed by atoms with Gasteiger partial charge in [0.25, 0.3) is 5.91 Å². The van der Waals surface area contributed by atoms with E-state index in [1.54, 1.807) is 49.3 Å². The van der Waals surface area contributed by atoms with Crippen LogP contribution in [0.1, 0.15) is 27.6 Å². The number of esters is 1. The quantitative estimate of drug-likeness (QED) is 0.746. The van der Waals surface area contributed by atoms with Gasteiger partial charge in [0.2, 0.25) is 0 Å². The second-order valence-corrected chi connectivity index (χ2v) is 5.38. The molecule has 3 aromatic rings. The van der Waals surface area contributed by atoms with E-state index in [2.05, 4.69) is 4.98 Å². The molecule has 0 unspecified atom stereocenters. The van der Waals surface area contributed by atoms with E-state index < -0.39 is 0 Å². The topological polar surface area (TPSA) is 62.4 Å². The molecule has 5 heteroatoms. The molecule has 0 saturated carbocycles. The summed E-state index contributed by atoms with van der Waals surface area (Å²) in [6.07, 6.45) is 1.76. The molecule has 1 heterocycles. The van der Waals surface area contributed by atoms with E-state index in [0.717, 1.165) is 10.9 Å². The molecule has 1 aromatic heterocycles. The van der Waals surface area contributed by atoms with Crippen LogP contribution in [-0.2, 0) is 4.74 Å². The molecular formula is C19H18N2O3. The van der Waals surface area contributed by atoms with Gasteiger partial charge in [0.1, 0.15) is 0 Å². The van der Waals surface area contributed by atoms with Gasteiger partial charge in [-0.15, -0.1) is 0 Å². The highest BCUT2D eigenvalue weighted by molar-refractivity contribution is 6.11. The summed E-state index contributed by atoms with van der Waals surface area (Å²) in [5.74, 6) is -0.485. The fraction of sp³-hybridized carbons (Fsp3) is 0.158. The number of H-pyrrole nitrogens is 1. The normalized spacial score (nSPS) is 10.6. The van der Waals surface area contributed by atoms with Crippen molar-refractivity contribution in [1.82, 2.24) is 4.98 Å². The zero-order chi connectivity index (χ0) is 17.1. The molecule has 122 valence electrons. The first kappa shape index (κ1) is 15.8. The van der Waals surface area contributed by atoms with Crippen LogP contribution in [0.3, 0.4) is 0 Å². The lowest BCUT2D eigenvalue weighted by Gasteiger charge is -2.16. The van der Waals surface area contributed by atoms with Gasteiger partial charge in [-0.25, -0.2) is 4.79 Å². The minimum Gasteiger partial charge on any atom is -0.462 e. The molecule has 1 N–H and O–H groups in total. The van der Waals surface area contributed by atoms with Crippen molar-refractivity contribution in [3.63, 3.8) is 0 Å². The molecule has 0 atom stereocenters. The number of hydrogen-bond donors (Lipinski definition) is 1. The lowest BCUT2D eigenvalue weighted by atomic mass is 10.1. The van der Waals surface area contributed by atoms with Crippen molar-refractivity contribution in [2.24, 2.45) is 0 Å². The molecule has 0 aliphatic rings. The van der Waals surface area contributed by atoms with Crippen molar-refractivity contribution in [1.29, 1.82) is 0 Å². The molecule has 3 rings (SSSR count). The standard InChI is InChI=1S/C19H18N2O3/c1-3-24-19(23)14-9-10-16-15(11-14)17(12-20-16)21(2)18(22)13-7-5-4-6-8-13/h4-12,20H,3H2,1-2H3. The summed E-state index contributed by atoms with van der Waals surface area (Å²) in [4.78, 5) is 29.3. The lowest BCUT2D eigenvalue weighted by molar-refractivity contribution is 0.0526. The Morgan fingerprint density at radius 2 is 1.83 bits per heavy atom. The van der Waals surface area contributed by atoms with Crippen molar-refractivity contribution < 1.29 is 14.3 Å². The summed E-state index contributed by atoms with van der Waals surface area (Å²) < 4.78 is 5.04. The fourth-order valence-electron chi connectivity index (χ4n) is 2.61. The molecule has 5 nitrogen and oxygen atoms in total. The number of aromatic nitrogens is 1. The number of carbonyl (C=O) groups excluding carboxylic acids is 2. The number of anilines is 1. The molecule has 24 heavy (non-hydrogen) atoms. The molecule has 0 radical (unpaired) electrons. The maximum Gasteiger partial charge on any atom is 0.338 e. The Hall–Kier alpha value is -3.08. The summed E-state index contributed by atoms with van der Waals surface area (Å²) >= 11 is 0. The summed E-state index contributed by atoms with van der Waals surface area (Å²) in [6.45, 7) is 2.09. The highest BCUT2D eigenvalue weighted by atomic mass is 16.5. The van der Waals surface area contributed by atoms with E-state index in [-0.39, 0.29) is 11.9 Å². The van der Waals surface area contributed by atoms with Crippen LogP contribution >= 0.6 is 0 Å². The average molecular weight is 322 g/mol. The zero-order valence-electron chi connectivity index (χ0n) is 13.6. The Morgan fingerprint density at radius 3 is 2.54 bits per heavy atom. The third-order valence-corrected chi connectivity index (χ3v) is 3.86. The smallest absolute Gasteiger partial charge is 0.338 e. The number of aromatic amines is 1. The average Bonchev–Trinajstić information content (AvgIpc) is 3.04. The highest BCUT2D eigenvalue weighted by Gasteiger charge is 2.18. The van der Waals surface area contributed by atoms with E-state index in [9.17, 15) is 9.59 Å². The number of nitrogens with one attached hydrogen (secondary N) is 1. The molecule has 2 aromatic carbocycles. The predicted molar refractivity (Wildman–Crippen MR) is 93.4 cm³/mol. The van der Waals surface area contributed by atoms with Crippen LogP contribution in [0.2, 0.25) is 0 Å². The number of fused-ring (bicyclic) bond motifs is 1. The molecule has 0 bridgehead atoms. The molecule has 1 amide bonds. The molecule has 0 aliphatic carbocycles. The third-order valence-electron chi connectivity index (χ3n) is 3.86. The molecule has 0 aliphatic heterocycles. The Morgan fingerprint density at radius 1 is 1.08 bits per heavy atom. The highest BCUT2D eigenvalue weighted by Crippen LogP contribution is 2.28. The molecule has 0 fully saturated rings. The van der Waals surface area contributed by atoms with Crippen molar-refractivity contribution in [2.45, 2.75) is 6.92 Å². The van der Waals surface area contributed by atoms with Crippen molar-refractivity contribution >= 4 is 28.5 Å². The Kier molecular flexibility index (Phi) is 4.33. The van der Waals surface area contributed by atoms with Gasteiger partial charge in [0.15, 0.2) is 0 Å². The first-order valence-corrected chi connectivity index (χ1v) is 7.73. The van der Waals surface area contributed by atoms with Gasteiger partial charge >= 0.3 is 5.97 Å². The molecular weight excluding hydrogens is 304 g/mol. The van der Waals surface area contributed by atoms with Gasteiger partial charge in [-0.3, -0.25) is 4.79 Å². The van der Waals surface area contributed by atoms with Crippen LogP contribution in [0.4, 0.5) is 5.69 Å². The van der Waals surface area contributed by atoms with Crippen LogP contribution < -0.4 is 4.90 Å². The number of ether oxygens (including phenoxy) is 1. The van der Waals surface area contributed by atoms with Crippen LogP contribution in [0.15, 0.2) is 54.7 Å². The minimum absolute atomic E-state index is 0.113. The van der Waals surface area contributed by atoms with E-state index in [1.165, 1.54) is 0 Å². The minimum atomic E-state index is -0.372. The molecule has 0 spiro atoms. The number of rotatable bonds is 4. The number of benzene rings is 2. The van der Waals surface area contributed by atoms with Crippen LogP contribution in [-0.4, -0.2) is 30.5 Å². The van der Waals surface area contributed by atoms with Crippen LogP contribution in [0.5, 0.6) is 0 Å². The van der Waals surface area contributed by atoms with Crippen molar-refractivity contribution in [2.75, 3.05) is 18.6 Å². The van der Waals surface area contributed by atoms with Gasteiger partial charge in [0.05, 0.1) is 17.9 Å². The Bertz CT molecular complexity index is 884. The second kappa shape index (κ2) is 6.58. The predicted octanol–water partition coefficient (Wildman–Crippen LogP) is 3.62.